The van der Waals surface area contributed by atoms with Crippen molar-refractivity contribution in [2.75, 3.05) is 11.9 Å². The molecular weight excluding hydrogens is 292 g/mol. The molecule has 3 N–H and O–H groups in total. The van der Waals surface area contributed by atoms with Gasteiger partial charge in [-0.1, -0.05) is 0 Å². The van der Waals surface area contributed by atoms with E-state index in [1.807, 2.05) is 6.92 Å². The maximum Gasteiger partial charge on any atom is 0.153 e. The van der Waals surface area contributed by atoms with E-state index in [9.17, 15) is 5.11 Å². The Labute approximate surface area is 134 Å². The van der Waals surface area contributed by atoms with Crippen molar-refractivity contribution in [3.05, 3.63) is 29.0 Å². The minimum atomic E-state index is -0.325. The highest BCUT2D eigenvalue weighted by Crippen LogP contribution is 2.37. The number of nitrogens with one attached hydrogen (secondary N) is 2. The topological polar surface area (TPSA) is 99.6 Å². The molecule has 2 heterocycles. The Balaban J connectivity index is 1.37. The Hall–Kier alpha value is -2.02. The van der Waals surface area contributed by atoms with Gasteiger partial charge in [-0.15, -0.1) is 5.10 Å². The predicted molar refractivity (Wildman–Crippen MR) is 85.1 cm³/mol. The van der Waals surface area contributed by atoms with E-state index in [0.29, 0.717) is 6.54 Å². The number of hydrogen-bond donors (Lipinski definition) is 3. The second kappa shape index (κ2) is 5.88. The zero-order valence-electron chi connectivity index (χ0n) is 13.3. The van der Waals surface area contributed by atoms with E-state index in [1.54, 1.807) is 0 Å². The van der Waals surface area contributed by atoms with Crippen molar-refractivity contribution < 1.29 is 5.11 Å². The van der Waals surface area contributed by atoms with Crippen LogP contribution in [-0.4, -0.2) is 43.1 Å². The van der Waals surface area contributed by atoms with E-state index >= 15 is 0 Å². The third-order valence-electron chi connectivity index (χ3n) is 5.00. The summed E-state index contributed by atoms with van der Waals surface area (Å²) in [5.74, 6) is 2.88. The lowest BCUT2D eigenvalue weighted by Gasteiger charge is -2.15. The van der Waals surface area contributed by atoms with Gasteiger partial charge >= 0.3 is 0 Å². The molecule has 23 heavy (non-hydrogen) atoms. The van der Waals surface area contributed by atoms with Crippen LogP contribution in [0.4, 0.5) is 5.82 Å². The van der Waals surface area contributed by atoms with E-state index in [1.165, 1.54) is 12.0 Å². The molecule has 0 bridgehead atoms. The zero-order valence-corrected chi connectivity index (χ0v) is 13.3. The van der Waals surface area contributed by atoms with Gasteiger partial charge in [0.15, 0.2) is 5.82 Å². The first-order valence-corrected chi connectivity index (χ1v) is 8.35. The molecule has 2 aromatic heterocycles. The van der Waals surface area contributed by atoms with Crippen LogP contribution in [0.15, 0.2) is 6.07 Å². The summed E-state index contributed by atoms with van der Waals surface area (Å²) in [6, 6.07) is 2.10. The number of rotatable bonds is 4. The fraction of sp³-hybridized carbons (Fsp3) is 0.625. The summed E-state index contributed by atoms with van der Waals surface area (Å²) < 4.78 is 0. The normalized spacial score (nSPS) is 26.4. The van der Waals surface area contributed by atoms with Gasteiger partial charge in [-0.2, -0.15) is 10.2 Å². The lowest BCUT2D eigenvalue weighted by molar-refractivity contribution is 0.137. The molecule has 1 fully saturated rings. The highest BCUT2D eigenvalue weighted by Gasteiger charge is 2.35. The van der Waals surface area contributed by atoms with Crippen molar-refractivity contribution >= 4 is 5.82 Å². The summed E-state index contributed by atoms with van der Waals surface area (Å²) in [5.41, 5.74) is 2.44. The molecule has 0 aliphatic heterocycles. The maximum absolute atomic E-state index is 10.3. The highest BCUT2D eigenvalue weighted by molar-refractivity contribution is 5.39. The number of aromatic amines is 1. The second-order valence-corrected chi connectivity index (χ2v) is 6.71. The van der Waals surface area contributed by atoms with E-state index < -0.39 is 0 Å². The van der Waals surface area contributed by atoms with Crippen LogP contribution in [0.5, 0.6) is 0 Å². The standard InChI is InChI=1S/C16H22N6O/c1-9-18-16(22-19-9)11-5-12(14(23)6-11)8-17-15-7-10-3-2-4-13(10)20-21-15/h7,11-12,14,23H,2-6,8H2,1H3,(H,17,21)(H,18,19,22)/t11-,12+,14+/m0/s1. The molecule has 1 saturated carbocycles. The summed E-state index contributed by atoms with van der Waals surface area (Å²) in [4.78, 5) is 4.40. The Morgan fingerprint density at radius 2 is 2.22 bits per heavy atom. The molecule has 2 aliphatic carbocycles. The van der Waals surface area contributed by atoms with Crippen LogP contribution in [0.3, 0.4) is 0 Å². The van der Waals surface area contributed by atoms with Crippen LogP contribution in [0.1, 0.15) is 48.1 Å². The van der Waals surface area contributed by atoms with Gasteiger partial charge in [-0.25, -0.2) is 4.98 Å². The number of nitrogens with zero attached hydrogens (tertiary/aromatic N) is 4. The molecule has 7 heteroatoms. The van der Waals surface area contributed by atoms with Crippen LogP contribution in [-0.2, 0) is 12.8 Å². The SMILES string of the molecule is Cc1nc([C@H]2C[C@H](CNc3cc4c(nn3)CCC4)[C@H](O)C2)n[nH]1. The third kappa shape index (κ3) is 2.93. The molecule has 122 valence electrons. The fourth-order valence-electron chi connectivity index (χ4n) is 3.73. The molecule has 0 spiro atoms. The van der Waals surface area contributed by atoms with Gasteiger partial charge in [-0.05, 0) is 50.7 Å². The summed E-state index contributed by atoms with van der Waals surface area (Å²) >= 11 is 0. The second-order valence-electron chi connectivity index (χ2n) is 6.71. The average Bonchev–Trinajstić information content (AvgIpc) is 3.24. The van der Waals surface area contributed by atoms with Crippen LogP contribution < -0.4 is 5.32 Å². The van der Waals surface area contributed by atoms with Crippen molar-refractivity contribution in [2.24, 2.45) is 5.92 Å². The molecular formula is C16H22N6O. The smallest absolute Gasteiger partial charge is 0.153 e. The third-order valence-corrected chi connectivity index (χ3v) is 5.00. The van der Waals surface area contributed by atoms with Gasteiger partial charge in [0.05, 0.1) is 11.8 Å². The Morgan fingerprint density at radius 1 is 1.30 bits per heavy atom. The lowest BCUT2D eigenvalue weighted by atomic mass is 10.0. The van der Waals surface area contributed by atoms with Crippen molar-refractivity contribution in [3.8, 4) is 0 Å². The van der Waals surface area contributed by atoms with Crippen molar-refractivity contribution in [3.63, 3.8) is 0 Å². The first kappa shape index (κ1) is 14.6. The number of hydrogen-bond acceptors (Lipinski definition) is 6. The van der Waals surface area contributed by atoms with Crippen LogP contribution in [0.25, 0.3) is 0 Å². The predicted octanol–water partition coefficient (Wildman–Crippen LogP) is 1.36. The van der Waals surface area contributed by atoms with E-state index in [4.69, 9.17) is 0 Å². The van der Waals surface area contributed by atoms with Crippen LogP contribution >= 0.6 is 0 Å². The number of anilines is 1. The van der Waals surface area contributed by atoms with Gasteiger partial charge in [-0.3, -0.25) is 5.10 Å². The maximum atomic E-state index is 10.3. The zero-order chi connectivity index (χ0) is 15.8. The minimum Gasteiger partial charge on any atom is -0.393 e. The summed E-state index contributed by atoms with van der Waals surface area (Å²) in [6.45, 7) is 2.60. The van der Waals surface area contributed by atoms with Gasteiger partial charge in [0.2, 0.25) is 0 Å². The largest absolute Gasteiger partial charge is 0.393 e. The Morgan fingerprint density at radius 3 is 3.04 bits per heavy atom. The average molecular weight is 314 g/mol. The number of H-pyrrole nitrogens is 1. The molecule has 0 aromatic carbocycles. The van der Waals surface area contributed by atoms with Crippen molar-refractivity contribution in [1.29, 1.82) is 0 Å². The molecule has 0 unspecified atom stereocenters. The quantitative estimate of drug-likeness (QED) is 0.788. The fourth-order valence-corrected chi connectivity index (χ4v) is 3.73. The summed E-state index contributed by atoms with van der Waals surface area (Å²) in [6.07, 6.45) is 4.60. The number of aliphatic hydroxyl groups is 1. The number of aryl methyl sites for hydroxylation is 3. The lowest BCUT2D eigenvalue weighted by Crippen LogP contribution is -2.22. The highest BCUT2D eigenvalue weighted by atomic mass is 16.3. The minimum absolute atomic E-state index is 0.189. The number of aliphatic hydroxyl groups excluding tert-OH is 1. The summed E-state index contributed by atoms with van der Waals surface area (Å²) in [7, 11) is 0. The number of aromatic nitrogens is 5. The van der Waals surface area contributed by atoms with Gasteiger partial charge in [0.1, 0.15) is 11.6 Å². The molecule has 2 aromatic rings. The Bertz CT molecular complexity index is 700. The van der Waals surface area contributed by atoms with Gasteiger partial charge in [0.25, 0.3) is 0 Å². The van der Waals surface area contributed by atoms with E-state index in [-0.39, 0.29) is 17.9 Å². The molecule has 0 amide bonds. The molecule has 2 aliphatic rings. The van der Waals surface area contributed by atoms with Crippen molar-refractivity contribution in [1.82, 2.24) is 25.4 Å². The first-order chi connectivity index (χ1) is 11.2. The molecule has 7 nitrogen and oxygen atoms in total. The molecule has 4 rings (SSSR count). The van der Waals surface area contributed by atoms with Gasteiger partial charge in [0, 0.05) is 18.4 Å². The Kier molecular flexibility index (Phi) is 3.72. The van der Waals surface area contributed by atoms with Crippen LogP contribution in [0, 0.1) is 12.8 Å². The van der Waals surface area contributed by atoms with E-state index in [0.717, 1.165) is 48.8 Å². The first-order valence-electron chi connectivity index (χ1n) is 8.35. The summed E-state index contributed by atoms with van der Waals surface area (Å²) in [5, 5.41) is 29.3. The molecule has 3 atom stereocenters. The number of fused-ring (bicyclic) bond motifs is 1. The van der Waals surface area contributed by atoms with Crippen LogP contribution in [0.2, 0.25) is 0 Å². The molecule has 0 radical (unpaired) electrons. The monoisotopic (exact) mass is 314 g/mol. The van der Waals surface area contributed by atoms with E-state index in [2.05, 4.69) is 36.8 Å². The van der Waals surface area contributed by atoms with Gasteiger partial charge < -0.3 is 10.4 Å². The molecule has 0 saturated heterocycles. The van der Waals surface area contributed by atoms with Crippen molar-refractivity contribution in [2.45, 2.75) is 51.0 Å².